The number of piperidine rings is 1. The first kappa shape index (κ1) is 16.0. The van der Waals surface area contributed by atoms with Crippen LogP contribution in [0.1, 0.15) is 56.3 Å². The van der Waals surface area contributed by atoms with Crippen molar-refractivity contribution in [2.24, 2.45) is 0 Å². The Morgan fingerprint density at radius 3 is 2.81 bits per heavy atom. The number of likely N-dealkylation sites (tertiary alicyclic amines) is 1. The van der Waals surface area contributed by atoms with Gasteiger partial charge in [0, 0.05) is 6.04 Å². The highest BCUT2D eigenvalue weighted by Crippen LogP contribution is 2.22. The summed E-state index contributed by atoms with van der Waals surface area (Å²) in [6.45, 7) is 6.59. The van der Waals surface area contributed by atoms with E-state index in [1.54, 1.807) is 12.1 Å². The molecule has 1 saturated heterocycles. The summed E-state index contributed by atoms with van der Waals surface area (Å²) in [7, 11) is 0. The second-order valence-corrected chi connectivity index (χ2v) is 6.00. The molecule has 116 valence electrons. The molecule has 3 nitrogen and oxygen atoms in total. The second kappa shape index (κ2) is 8.18. The van der Waals surface area contributed by atoms with Crippen molar-refractivity contribution < 1.29 is 9.53 Å². The summed E-state index contributed by atoms with van der Waals surface area (Å²) in [5, 5.41) is 0. The van der Waals surface area contributed by atoms with Crippen molar-refractivity contribution in [2.45, 2.75) is 58.1 Å². The first-order valence-electron chi connectivity index (χ1n) is 8.20. The first-order valence-corrected chi connectivity index (χ1v) is 8.20. The van der Waals surface area contributed by atoms with Crippen LogP contribution in [0.3, 0.4) is 0 Å². The van der Waals surface area contributed by atoms with Gasteiger partial charge in [0.2, 0.25) is 0 Å². The quantitative estimate of drug-likeness (QED) is 0.744. The van der Waals surface area contributed by atoms with Gasteiger partial charge in [0.1, 0.15) is 6.10 Å². The van der Waals surface area contributed by atoms with Crippen LogP contribution in [0.5, 0.6) is 0 Å². The topological polar surface area (TPSA) is 29.5 Å². The van der Waals surface area contributed by atoms with Crippen LogP contribution in [0, 0.1) is 0 Å². The number of hydrogen-bond donors (Lipinski definition) is 0. The normalized spacial score (nSPS) is 21.0. The number of carbonyl (C=O) groups is 1. The second-order valence-electron chi connectivity index (χ2n) is 6.00. The molecule has 0 bridgehead atoms. The lowest BCUT2D eigenvalue weighted by molar-refractivity contribution is 0.0210. The molecule has 1 fully saturated rings. The van der Waals surface area contributed by atoms with Gasteiger partial charge in [-0.05, 0) is 57.8 Å². The zero-order valence-electron chi connectivity index (χ0n) is 13.3. The smallest absolute Gasteiger partial charge is 0.338 e. The Balaban J connectivity index is 1.85. The number of hydrogen-bond acceptors (Lipinski definition) is 3. The van der Waals surface area contributed by atoms with Gasteiger partial charge in [0.25, 0.3) is 0 Å². The summed E-state index contributed by atoms with van der Waals surface area (Å²) in [5.74, 6) is -0.207. The van der Waals surface area contributed by atoms with Crippen molar-refractivity contribution in [1.82, 2.24) is 4.90 Å². The molecule has 1 aliphatic rings. The highest BCUT2D eigenvalue weighted by molar-refractivity contribution is 5.89. The van der Waals surface area contributed by atoms with Gasteiger partial charge in [-0.3, -0.25) is 0 Å². The molecule has 0 amide bonds. The summed E-state index contributed by atoms with van der Waals surface area (Å²) >= 11 is 0. The fourth-order valence-corrected chi connectivity index (χ4v) is 3.16. The number of esters is 1. The largest absolute Gasteiger partial charge is 0.459 e. The summed E-state index contributed by atoms with van der Waals surface area (Å²) in [6.07, 6.45) is 5.93. The number of ether oxygens (including phenoxy) is 1. The van der Waals surface area contributed by atoms with Crippen LogP contribution in [0.25, 0.3) is 0 Å². The maximum atomic E-state index is 12.1. The molecule has 21 heavy (non-hydrogen) atoms. The van der Waals surface area contributed by atoms with E-state index in [0.717, 1.165) is 13.0 Å². The predicted molar refractivity (Wildman–Crippen MR) is 85.4 cm³/mol. The van der Waals surface area contributed by atoms with Crippen LogP contribution in [0.2, 0.25) is 0 Å². The molecule has 2 rings (SSSR count). The van der Waals surface area contributed by atoms with Gasteiger partial charge in [-0.2, -0.15) is 0 Å². The number of benzene rings is 1. The van der Waals surface area contributed by atoms with Crippen molar-refractivity contribution >= 4 is 5.97 Å². The molecule has 1 aliphatic heterocycles. The molecule has 0 unspecified atom stereocenters. The lowest BCUT2D eigenvalue weighted by Crippen LogP contribution is -2.42. The minimum atomic E-state index is -0.207. The van der Waals surface area contributed by atoms with Gasteiger partial charge in [-0.15, -0.1) is 0 Å². The van der Waals surface area contributed by atoms with Gasteiger partial charge in [-0.25, -0.2) is 4.79 Å². The third-order valence-electron chi connectivity index (χ3n) is 4.18. The third-order valence-corrected chi connectivity index (χ3v) is 4.18. The van der Waals surface area contributed by atoms with Crippen LogP contribution >= 0.6 is 0 Å². The molecular weight excluding hydrogens is 262 g/mol. The molecule has 1 heterocycles. The van der Waals surface area contributed by atoms with Crippen molar-refractivity contribution in [3.05, 3.63) is 35.9 Å². The van der Waals surface area contributed by atoms with E-state index < -0.39 is 0 Å². The zero-order chi connectivity index (χ0) is 15.1. The van der Waals surface area contributed by atoms with Gasteiger partial charge >= 0.3 is 5.97 Å². The standard InChI is InChI=1S/C18H27NO2/c1-3-12-19-13-8-7-11-17(19)14-15(2)21-18(20)16-9-5-4-6-10-16/h4-6,9-10,15,17H,3,7-8,11-14H2,1-2H3/t15-,17-/m1/s1. The van der Waals surface area contributed by atoms with Crippen molar-refractivity contribution in [3.63, 3.8) is 0 Å². The molecule has 0 N–H and O–H groups in total. The van der Waals surface area contributed by atoms with E-state index in [-0.39, 0.29) is 12.1 Å². The van der Waals surface area contributed by atoms with E-state index >= 15 is 0 Å². The minimum Gasteiger partial charge on any atom is -0.459 e. The first-order chi connectivity index (χ1) is 10.2. The number of rotatable bonds is 6. The molecule has 2 atom stereocenters. The molecule has 0 radical (unpaired) electrons. The molecule has 1 aromatic carbocycles. The van der Waals surface area contributed by atoms with E-state index in [1.807, 2.05) is 25.1 Å². The van der Waals surface area contributed by atoms with Gasteiger partial charge < -0.3 is 9.64 Å². The molecule has 3 heteroatoms. The molecule has 0 spiro atoms. The van der Waals surface area contributed by atoms with Gasteiger partial charge in [0.05, 0.1) is 5.56 Å². The van der Waals surface area contributed by atoms with Crippen molar-refractivity contribution in [2.75, 3.05) is 13.1 Å². The Kier molecular flexibility index (Phi) is 6.24. The Morgan fingerprint density at radius 1 is 1.33 bits per heavy atom. The fourth-order valence-electron chi connectivity index (χ4n) is 3.16. The molecule has 0 aromatic heterocycles. The van der Waals surface area contributed by atoms with E-state index in [1.165, 1.54) is 32.2 Å². The fraction of sp³-hybridized carbons (Fsp3) is 0.611. The van der Waals surface area contributed by atoms with E-state index in [4.69, 9.17) is 4.74 Å². The van der Waals surface area contributed by atoms with Crippen LogP contribution in [0.15, 0.2) is 30.3 Å². The van der Waals surface area contributed by atoms with E-state index in [0.29, 0.717) is 11.6 Å². The maximum absolute atomic E-state index is 12.1. The Morgan fingerprint density at radius 2 is 2.10 bits per heavy atom. The third kappa shape index (κ3) is 4.85. The van der Waals surface area contributed by atoms with Gasteiger partial charge in [-0.1, -0.05) is 31.5 Å². The summed E-state index contributed by atoms with van der Waals surface area (Å²) in [6, 6.07) is 9.82. The Bertz CT molecular complexity index is 430. The average molecular weight is 289 g/mol. The highest BCUT2D eigenvalue weighted by atomic mass is 16.5. The molecular formula is C18H27NO2. The van der Waals surface area contributed by atoms with Crippen LogP contribution in [0.4, 0.5) is 0 Å². The Hall–Kier alpha value is -1.35. The molecule has 1 aromatic rings. The zero-order valence-corrected chi connectivity index (χ0v) is 13.3. The maximum Gasteiger partial charge on any atom is 0.338 e. The summed E-state index contributed by atoms with van der Waals surface area (Å²) in [5.41, 5.74) is 0.637. The van der Waals surface area contributed by atoms with E-state index in [9.17, 15) is 4.79 Å². The van der Waals surface area contributed by atoms with Crippen LogP contribution in [-0.2, 0) is 4.74 Å². The van der Waals surface area contributed by atoms with Crippen molar-refractivity contribution in [1.29, 1.82) is 0 Å². The van der Waals surface area contributed by atoms with Crippen molar-refractivity contribution in [3.8, 4) is 0 Å². The minimum absolute atomic E-state index is 0.0276. The SMILES string of the molecule is CCCN1CCCC[C@@H]1C[C@@H](C)OC(=O)c1ccccc1. The molecule has 0 aliphatic carbocycles. The van der Waals surface area contributed by atoms with E-state index in [2.05, 4.69) is 11.8 Å². The monoisotopic (exact) mass is 289 g/mol. The average Bonchev–Trinajstić information content (AvgIpc) is 2.50. The number of nitrogens with zero attached hydrogens (tertiary/aromatic N) is 1. The predicted octanol–water partition coefficient (Wildman–Crippen LogP) is 3.89. The lowest BCUT2D eigenvalue weighted by atomic mass is 9.97. The van der Waals surface area contributed by atoms with Gasteiger partial charge in [0.15, 0.2) is 0 Å². The summed E-state index contributed by atoms with van der Waals surface area (Å²) in [4.78, 5) is 14.6. The van der Waals surface area contributed by atoms with Crippen LogP contribution < -0.4 is 0 Å². The number of carbonyl (C=O) groups excluding carboxylic acids is 1. The van der Waals surface area contributed by atoms with Crippen LogP contribution in [-0.4, -0.2) is 36.1 Å². The molecule has 0 saturated carbocycles. The summed E-state index contributed by atoms with van der Waals surface area (Å²) < 4.78 is 5.60. The Labute approximate surface area is 128 Å². The highest BCUT2D eigenvalue weighted by Gasteiger charge is 2.24. The lowest BCUT2D eigenvalue weighted by Gasteiger charge is -2.36.